The van der Waals surface area contributed by atoms with E-state index in [9.17, 15) is 4.39 Å². The Labute approximate surface area is 95.1 Å². The molecule has 0 N–H and O–H groups in total. The van der Waals surface area contributed by atoms with Crippen molar-refractivity contribution in [3.05, 3.63) is 52.1 Å². The highest BCUT2D eigenvalue weighted by Crippen LogP contribution is 2.21. The first kappa shape index (κ1) is 9.58. The Balaban J connectivity index is 2.52. The zero-order chi connectivity index (χ0) is 9.97. The maximum Gasteiger partial charge on any atom is 0.124 e. The Morgan fingerprint density at radius 1 is 1.00 bits per heavy atom. The molecule has 0 aliphatic heterocycles. The van der Waals surface area contributed by atoms with Crippen LogP contribution in [-0.4, -0.2) is 4.98 Å². The van der Waals surface area contributed by atoms with Crippen LogP contribution in [0.4, 0.5) is 4.39 Å². The quantitative estimate of drug-likeness (QED) is 0.735. The second-order valence-corrected chi connectivity index (χ2v) is 4.14. The summed E-state index contributed by atoms with van der Waals surface area (Å²) in [6.07, 6.45) is 3.40. The van der Waals surface area contributed by atoms with E-state index in [1.165, 1.54) is 12.1 Å². The van der Waals surface area contributed by atoms with Crippen LogP contribution in [0.5, 0.6) is 0 Å². The summed E-state index contributed by atoms with van der Waals surface area (Å²) >= 11 is 2.10. The summed E-state index contributed by atoms with van der Waals surface area (Å²) in [7, 11) is 0. The molecule has 1 aromatic carbocycles. The van der Waals surface area contributed by atoms with E-state index in [0.717, 1.165) is 14.7 Å². The van der Waals surface area contributed by atoms with Crippen molar-refractivity contribution in [3.63, 3.8) is 0 Å². The number of aromatic nitrogens is 1. The van der Waals surface area contributed by atoms with Gasteiger partial charge >= 0.3 is 0 Å². The second kappa shape index (κ2) is 4.04. The molecule has 0 saturated heterocycles. The van der Waals surface area contributed by atoms with Crippen molar-refractivity contribution in [1.29, 1.82) is 0 Å². The van der Waals surface area contributed by atoms with Crippen LogP contribution in [0.25, 0.3) is 11.1 Å². The van der Waals surface area contributed by atoms with Gasteiger partial charge in [-0.1, -0.05) is 0 Å². The molecule has 0 atom stereocenters. The van der Waals surface area contributed by atoms with Crippen LogP contribution in [-0.2, 0) is 0 Å². The molecule has 3 heteroatoms. The number of halogens is 2. The molecule has 0 unspecified atom stereocenters. The third-order valence-electron chi connectivity index (χ3n) is 1.88. The number of benzene rings is 1. The van der Waals surface area contributed by atoms with Crippen LogP contribution >= 0.6 is 22.6 Å². The molecule has 2 rings (SSSR count). The van der Waals surface area contributed by atoms with Gasteiger partial charge in [-0.2, -0.15) is 0 Å². The van der Waals surface area contributed by atoms with E-state index in [1.807, 2.05) is 18.2 Å². The number of hydrogen-bond acceptors (Lipinski definition) is 1. The fourth-order valence-electron chi connectivity index (χ4n) is 1.26. The van der Waals surface area contributed by atoms with Gasteiger partial charge in [0, 0.05) is 16.0 Å². The lowest BCUT2D eigenvalue weighted by molar-refractivity contribution is 0.627. The van der Waals surface area contributed by atoms with E-state index in [-0.39, 0.29) is 5.82 Å². The minimum atomic E-state index is -0.205. The number of nitrogens with zero attached hydrogens (tertiary/aromatic N) is 1. The minimum Gasteiger partial charge on any atom is -0.265 e. The Morgan fingerprint density at radius 2 is 1.71 bits per heavy atom. The first-order valence-corrected chi connectivity index (χ1v) is 5.20. The van der Waals surface area contributed by atoms with Gasteiger partial charge in [0.1, 0.15) is 5.82 Å². The lowest BCUT2D eigenvalue weighted by Crippen LogP contribution is -1.83. The highest BCUT2D eigenvalue weighted by atomic mass is 127. The van der Waals surface area contributed by atoms with E-state index < -0.39 is 0 Å². The van der Waals surface area contributed by atoms with Crippen molar-refractivity contribution < 1.29 is 4.39 Å². The maximum atomic E-state index is 13.1. The maximum absolute atomic E-state index is 13.1. The smallest absolute Gasteiger partial charge is 0.124 e. The topological polar surface area (TPSA) is 12.9 Å². The van der Waals surface area contributed by atoms with Gasteiger partial charge in [0.15, 0.2) is 0 Å². The number of rotatable bonds is 1. The summed E-state index contributed by atoms with van der Waals surface area (Å²) in [5, 5.41) is 0. The lowest BCUT2D eigenvalue weighted by atomic mass is 10.1. The molecule has 0 amide bonds. The van der Waals surface area contributed by atoms with E-state index in [0.29, 0.717) is 0 Å². The van der Waals surface area contributed by atoms with Crippen molar-refractivity contribution in [3.8, 4) is 11.1 Å². The van der Waals surface area contributed by atoms with Crippen LogP contribution in [0.15, 0.2) is 42.7 Å². The summed E-state index contributed by atoms with van der Waals surface area (Å²) in [5.41, 5.74) is 1.87. The van der Waals surface area contributed by atoms with Gasteiger partial charge in [-0.3, -0.25) is 4.98 Å². The molecule has 1 aromatic heterocycles. The normalized spacial score (nSPS) is 10.1. The van der Waals surface area contributed by atoms with E-state index >= 15 is 0 Å². The molecule has 2 aromatic rings. The third kappa shape index (κ3) is 2.09. The van der Waals surface area contributed by atoms with Crippen LogP contribution in [0.1, 0.15) is 0 Å². The third-order valence-corrected chi connectivity index (χ3v) is 2.50. The molecule has 1 nitrogen and oxygen atoms in total. The number of hydrogen-bond donors (Lipinski definition) is 0. The molecular weight excluding hydrogens is 292 g/mol. The molecule has 1 heterocycles. The molecule has 0 saturated carbocycles. The van der Waals surface area contributed by atoms with Crippen molar-refractivity contribution >= 4 is 22.6 Å². The largest absolute Gasteiger partial charge is 0.265 e. The molecule has 0 fully saturated rings. The molecular formula is C11H7FIN. The summed E-state index contributed by atoms with van der Waals surface area (Å²) < 4.78 is 14.0. The number of pyridine rings is 1. The Hall–Kier alpha value is -0.970. The fraction of sp³-hybridized carbons (Fsp3) is 0. The molecule has 0 bridgehead atoms. The average Bonchev–Trinajstić information content (AvgIpc) is 2.18. The summed E-state index contributed by atoms with van der Waals surface area (Å²) in [6, 6.07) is 8.71. The van der Waals surface area contributed by atoms with E-state index in [1.54, 1.807) is 12.4 Å². The molecule has 0 radical (unpaired) electrons. The molecule has 0 aliphatic rings. The van der Waals surface area contributed by atoms with E-state index in [2.05, 4.69) is 27.6 Å². The summed E-state index contributed by atoms with van der Waals surface area (Å²) in [4.78, 5) is 3.92. The van der Waals surface area contributed by atoms with Crippen molar-refractivity contribution in [2.45, 2.75) is 0 Å². The molecule has 70 valence electrons. The van der Waals surface area contributed by atoms with Gasteiger partial charge in [-0.15, -0.1) is 0 Å². The Kier molecular flexibility index (Phi) is 2.77. The zero-order valence-electron chi connectivity index (χ0n) is 7.24. The van der Waals surface area contributed by atoms with Crippen molar-refractivity contribution in [2.24, 2.45) is 0 Å². The predicted molar refractivity (Wildman–Crippen MR) is 62.3 cm³/mol. The fourth-order valence-corrected chi connectivity index (χ4v) is 1.90. The summed E-state index contributed by atoms with van der Waals surface area (Å²) in [5.74, 6) is -0.205. The van der Waals surface area contributed by atoms with Crippen LogP contribution in [0.2, 0.25) is 0 Å². The van der Waals surface area contributed by atoms with Crippen LogP contribution < -0.4 is 0 Å². The van der Waals surface area contributed by atoms with Crippen LogP contribution in [0, 0.1) is 9.39 Å². The van der Waals surface area contributed by atoms with E-state index in [4.69, 9.17) is 0 Å². The first-order chi connectivity index (χ1) is 6.75. The molecule has 14 heavy (non-hydrogen) atoms. The second-order valence-electron chi connectivity index (χ2n) is 2.89. The van der Waals surface area contributed by atoms with Gasteiger partial charge in [0.25, 0.3) is 0 Å². The van der Waals surface area contributed by atoms with Gasteiger partial charge < -0.3 is 0 Å². The highest BCUT2D eigenvalue weighted by molar-refractivity contribution is 14.1. The van der Waals surface area contributed by atoms with Gasteiger partial charge in [-0.25, -0.2) is 4.39 Å². The highest BCUT2D eigenvalue weighted by Gasteiger charge is 2.00. The van der Waals surface area contributed by atoms with Gasteiger partial charge in [0.05, 0.1) is 0 Å². The standard InChI is InChI=1S/C11H7FIN/c12-10-5-9(6-11(13)7-10)8-1-3-14-4-2-8/h1-7H. The molecule has 0 aliphatic carbocycles. The first-order valence-electron chi connectivity index (χ1n) is 4.12. The Bertz CT molecular complexity index is 422. The van der Waals surface area contributed by atoms with Gasteiger partial charge in [0.2, 0.25) is 0 Å². The SMILES string of the molecule is Fc1cc(I)cc(-c2ccncc2)c1. The van der Waals surface area contributed by atoms with Crippen molar-refractivity contribution in [2.75, 3.05) is 0 Å². The van der Waals surface area contributed by atoms with Crippen molar-refractivity contribution in [1.82, 2.24) is 4.98 Å². The molecule has 0 spiro atoms. The average molecular weight is 299 g/mol. The predicted octanol–water partition coefficient (Wildman–Crippen LogP) is 3.49. The minimum absolute atomic E-state index is 0.205. The van der Waals surface area contributed by atoms with Gasteiger partial charge in [-0.05, 0) is 64.0 Å². The monoisotopic (exact) mass is 299 g/mol. The Morgan fingerprint density at radius 3 is 2.36 bits per heavy atom. The summed E-state index contributed by atoms with van der Waals surface area (Å²) in [6.45, 7) is 0. The zero-order valence-corrected chi connectivity index (χ0v) is 9.40. The van der Waals surface area contributed by atoms with Crippen LogP contribution in [0.3, 0.4) is 0 Å². The lowest BCUT2D eigenvalue weighted by Gasteiger charge is -2.01.